The molecule has 3 heteroatoms. The summed E-state index contributed by atoms with van der Waals surface area (Å²) in [6.07, 6.45) is 8.74. The highest BCUT2D eigenvalue weighted by Gasteiger charge is 2.44. The van der Waals surface area contributed by atoms with Crippen molar-refractivity contribution in [1.29, 1.82) is 0 Å². The van der Waals surface area contributed by atoms with Gasteiger partial charge in [-0.3, -0.25) is 4.90 Å². The maximum absolute atomic E-state index is 6.27. The normalized spacial score (nSPS) is 39.6. The van der Waals surface area contributed by atoms with E-state index in [0.29, 0.717) is 11.5 Å². The number of piperidine rings is 1. The van der Waals surface area contributed by atoms with Crippen molar-refractivity contribution in [1.82, 2.24) is 4.90 Å². The van der Waals surface area contributed by atoms with Gasteiger partial charge in [0.25, 0.3) is 0 Å². The van der Waals surface area contributed by atoms with Crippen molar-refractivity contribution in [2.24, 2.45) is 11.3 Å². The average Bonchev–Trinajstić information content (AvgIpc) is 2.48. The Morgan fingerprint density at radius 1 is 0.905 bits per heavy atom. The largest absolute Gasteiger partial charge is 0.348 e. The molecule has 0 aromatic heterocycles. The standard InChI is InChI=1S/C18H33NO2/c1-17(2,3)15-7-9-18(10-8-15)20-13-16(14-21-18)19-11-5-4-6-12-19/h15-16H,4-14H2,1-3H3. The maximum atomic E-state index is 6.27. The van der Waals surface area contributed by atoms with Crippen LogP contribution in [0.5, 0.6) is 0 Å². The predicted molar refractivity (Wildman–Crippen MR) is 85.3 cm³/mol. The summed E-state index contributed by atoms with van der Waals surface area (Å²) < 4.78 is 12.5. The first-order valence-electron chi connectivity index (χ1n) is 9.01. The second-order valence-electron chi connectivity index (χ2n) is 8.42. The van der Waals surface area contributed by atoms with Gasteiger partial charge in [0.05, 0.1) is 19.3 Å². The molecule has 122 valence electrons. The Morgan fingerprint density at radius 3 is 2.00 bits per heavy atom. The van der Waals surface area contributed by atoms with Crippen LogP contribution in [0.15, 0.2) is 0 Å². The Kier molecular flexibility index (Phi) is 4.63. The second kappa shape index (κ2) is 6.17. The zero-order valence-corrected chi connectivity index (χ0v) is 14.2. The molecule has 3 fully saturated rings. The molecule has 0 N–H and O–H groups in total. The lowest BCUT2D eigenvalue weighted by molar-refractivity contribution is -0.301. The van der Waals surface area contributed by atoms with Crippen molar-refractivity contribution in [3.05, 3.63) is 0 Å². The van der Waals surface area contributed by atoms with Crippen molar-refractivity contribution in [2.75, 3.05) is 26.3 Å². The van der Waals surface area contributed by atoms with E-state index in [1.54, 1.807) is 0 Å². The summed E-state index contributed by atoms with van der Waals surface area (Å²) >= 11 is 0. The maximum Gasteiger partial charge on any atom is 0.168 e. The molecule has 2 saturated heterocycles. The van der Waals surface area contributed by atoms with Crippen LogP contribution in [0.1, 0.15) is 65.7 Å². The predicted octanol–water partition coefficient (Wildman–Crippen LogP) is 3.82. The highest BCUT2D eigenvalue weighted by atomic mass is 16.7. The van der Waals surface area contributed by atoms with E-state index >= 15 is 0 Å². The summed E-state index contributed by atoms with van der Waals surface area (Å²) in [6, 6.07) is 0.497. The van der Waals surface area contributed by atoms with Gasteiger partial charge in [-0.15, -0.1) is 0 Å². The van der Waals surface area contributed by atoms with Gasteiger partial charge in [-0.25, -0.2) is 0 Å². The fraction of sp³-hybridized carbons (Fsp3) is 1.00. The van der Waals surface area contributed by atoms with Crippen LogP contribution in [-0.2, 0) is 9.47 Å². The van der Waals surface area contributed by atoms with E-state index in [1.165, 1.54) is 45.2 Å². The lowest BCUT2D eigenvalue weighted by Gasteiger charge is -2.48. The molecule has 1 saturated carbocycles. The molecule has 0 bridgehead atoms. The monoisotopic (exact) mass is 295 g/mol. The van der Waals surface area contributed by atoms with E-state index in [4.69, 9.17) is 9.47 Å². The van der Waals surface area contributed by atoms with E-state index in [2.05, 4.69) is 25.7 Å². The Morgan fingerprint density at radius 2 is 1.48 bits per heavy atom. The first-order valence-corrected chi connectivity index (χ1v) is 9.01. The van der Waals surface area contributed by atoms with Crippen molar-refractivity contribution in [3.63, 3.8) is 0 Å². The molecule has 2 heterocycles. The van der Waals surface area contributed by atoms with E-state index in [-0.39, 0.29) is 5.79 Å². The fourth-order valence-corrected chi connectivity index (χ4v) is 4.29. The molecule has 3 aliphatic rings. The fourth-order valence-electron chi connectivity index (χ4n) is 4.29. The van der Waals surface area contributed by atoms with E-state index in [1.807, 2.05) is 0 Å². The number of hydrogen-bond acceptors (Lipinski definition) is 3. The van der Waals surface area contributed by atoms with E-state index in [0.717, 1.165) is 32.0 Å². The van der Waals surface area contributed by atoms with Gasteiger partial charge in [0, 0.05) is 12.8 Å². The minimum absolute atomic E-state index is 0.242. The Balaban J connectivity index is 1.49. The molecule has 1 spiro atoms. The van der Waals surface area contributed by atoms with Crippen molar-refractivity contribution in [2.45, 2.75) is 77.5 Å². The van der Waals surface area contributed by atoms with Crippen LogP contribution in [0.4, 0.5) is 0 Å². The summed E-state index contributed by atoms with van der Waals surface area (Å²) in [5.74, 6) is 0.573. The minimum Gasteiger partial charge on any atom is -0.348 e. The van der Waals surface area contributed by atoms with Crippen LogP contribution in [-0.4, -0.2) is 43.0 Å². The topological polar surface area (TPSA) is 21.7 Å². The van der Waals surface area contributed by atoms with Crippen molar-refractivity contribution in [3.8, 4) is 0 Å². The SMILES string of the molecule is CC(C)(C)C1CCC2(CC1)OCC(N1CCCCC1)CO2. The van der Waals surface area contributed by atoms with Gasteiger partial charge in [-0.05, 0) is 50.1 Å². The van der Waals surface area contributed by atoms with Gasteiger partial charge in [0.15, 0.2) is 5.79 Å². The number of ether oxygens (including phenoxy) is 2. The summed E-state index contributed by atoms with van der Waals surface area (Å²) in [5.41, 5.74) is 0.423. The van der Waals surface area contributed by atoms with Crippen LogP contribution in [0.25, 0.3) is 0 Å². The minimum atomic E-state index is -0.242. The van der Waals surface area contributed by atoms with Gasteiger partial charge >= 0.3 is 0 Å². The summed E-state index contributed by atoms with van der Waals surface area (Å²) in [4.78, 5) is 2.58. The molecule has 0 aromatic carbocycles. The van der Waals surface area contributed by atoms with Crippen LogP contribution < -0.4 is 0 Å². The number of nitrogens with zero attached hydrogens (tertiary/aromatic N) is 1. The third-order valence-corrected chi connectivity index (χ3v) is 5.96. The molecule has 1 aliphatic carbocycles. The van der Waals surface area contributed by atoms with Crippen LogP contribution in [0.2, 0.25) is 0 Å². The number of rotatable bonds is 1. The highest BCUT2D eigenvalue weighted by molar-refractivity contribution is 4.89. The molecular formula is C18H33NO2. The van der Waals surface area contributed by atoms with Crippen LogP contribution in [0.3, 0.4) is 0 Å². The third-order valence-electron chi connectivity index (χ3n) is 5.96. The van der Waals surface area contributed by atoms with Gasteiger partial charge in [-0.1, -0.05) is 27.2 Å². The smallest absolute Gasteiger partial charge is 0.168 e. The number of hydrogen-bond donors (Lipinski definition) is 0. The third kappa shape index (κ3) is 3.62. The average molecular weight is 295 g/mol. The summed E-state index contributed by atoms with van der Waals surface area (Å²) in [6.45, 7) is 11.3. The van der Waals surface area contributed by atoms with Gasteiger partial charge in [0.2, 0.25) is 0 Å². The van der Waals surface area contributed by atoms with Crippen molar-refractivity contribution >= 4 is 0 Å². The lowest BCUT2D eigenvalue weighted by atomic mass is 9.71. The first kappa shape index (κ1) is 15.8. The zero-order valence-electron chi connectivity index (χ0n) is 14.2. The van der Waals surface area contributed by atoms with Crippen LogP contribution >= 0.6 is 0 Å². The Hall–Kier alpha value is -0.120. The van der Waals surface area contributed by atoms with Crippen LogP contribution in [0, 0.1) is 11.3 Å². The lowest BCUT2D eigenvalue weighted by Crippen LogP contribution is -2.55. The molecule has 0 amide bonds. The van der Waals surface area contributed by atoms with E-state index < -0.39 is 0 Å². The molecule has 3 rings (SSSR count). The molecule has 0 atom stereocenters. The van der Waals surface area contributed by atoms with Gasteiger partial charge in [-0.2, -0.15) is 0 Å². The summed E-state index contributed by atoms with van der Waals surface area (Å²) in [7, 11) is 0. The zero-order chi connectivity index (χ0) is 14.9. The first-order chi connectivity index (χ1) is 9.99. The molecule has 3 nitrogen and oxygen atoms in total. The molecule has 0 aromatic rings. The van der Waals surface area contributed by atoms with Crippen molar-refractivity contribution < 1.29 is 9.47 Å². The number of likely N-dealkylation sites (tertiary alicyclic amines) is 1. The highest BCUT2D eigenvalue weighted by Crippen LogP contribution is 2.44. The molecule has 2 aliphatic heterocycles. The van der Waals surface area contributed by atoms with E-state index in [9.17, 15) is 0 Å². The van der Waals surface area contributed by atoms with Gasteiger partial charge < -0.3 is 9.47 Å². The quantitative estimate of drug-likeness (QED) is 0.734. The van der Waals surface area contributed by atoms with Gasteiger partial charge in [0.1, 0.15) is 0 Å². The molecule has 0 radical (unpaired) electrons. The Bertz CT molecular complexity index is 326. The molecule has 21 heavy (non-hydrogen) atoms. The molecular weight excluding hydrogens is 262 g/mol. The molecule has 0 unspecified atom stereocenters. The second-order valence-corrected chi connectivity index (χ2v) is 8.42. The Labute approximate surface area is 130 Å². The summed E-state index contributed by atoms with van der Waals surface area (Å²) in [5, 5.41) is 0.